The number of hydrogen-bond acceptors (Lipinski definition) is 6. The predicted octanol–water partition coefficient (Wildman–Crippen LogP) is 3.70. The molecule has 0 spiro atoms. The highest BCUT2D eigenvalue weighted by Gasteiger charge is 2.22. The van der Waals surface area contributed by atoms with Crippen LogP contribution in [0.5, 0.6) is 0 Å². The molecule has 18 heavy (non-hydrogen) atoms. The first-order valence-corrected chi connectivity index (χ1v) is 7.60. The average molecular weight is 282 g/mol. The van der Waals surface area contributed by atoms with E-state index >= 15 is 0 Å². The summed E-state index contributed by atoms with van der Waals surface area (Å²) in [4.78, 5) is 5.79. The van der Waals surface area contributed by atoms with E-state index in [0.717, 1.165) is 32.3 Å². The highest BCUT2D eigenvalue weighted by molar-refractivity contribution is 7.23. The third kappa shape index (κ3) is 2.70. The van der Waals surface area contributed by atoms with Gasteiger partial charge >= 0.3 is 0 Å². The summed E-state index contributed by atoms with van der Waals surface area (Å²) in [7, 11) is 0. The largest absolute Gasteiger partial charge is 0.360 e. The highest BCUT2D eigenvalue weighted by atomic mass is 32.1. The van der Waals surface area contributed by atoms with Crippen molar-refractivity contribution >= 4 is 27.8 Å². The molecule has 0 bridgehead atoms. The van der Waals surface area contributed by atoms with Crippen molar-refractivity contribution in [3.05, 3.63) is 10.7 Å². The SMILES string of the molecule is CCNc1nnc(-c2sc(C(C)(C)C)nc2C)s1. The number of anilines is 1. The summed E-state index contributed by atoms with van der Waals surface area (Å²) < 4.78 is 0. The molecule has 2 heterocycles. The fourth-order valence-electron chi connectivity index (χ4n) is 1.45. The second kappa shape index (κ2) is 4.93. The Morgan fingerprint density at radius 3 is 2.44 bits per heavy atom. The van der Waals surface area contributed by atoms with Crippen LogP contribution in [0.1, 0.15) is 38.4 Å². The molecule has 0 aliphatic heterocycles. The summed E-state index contributed by atoms with van der Waals surface area (Å²) in [5.41, 5.74) is 1.13. The van der Waals surface area contributed by atoms with Crippen molar-refractivity contribution in [2.75, 3.05) is 11.9 Å². The van der Waals surface area contributed by atoms with E-state index < -0.39 is 0 Å². The van der Waals surface area contributed by atoms with Crippen LogP contribution < -0.4 is 5.32 Å². The zero-order chi connectivity index (χ0) is 13.3. The molecule has 0 radical (unpaired) electrons. The predicted molar refractivity (Wildman–Crippen MR) is 78.6 cm³/mol. The van der Waals surface area contributed by atoms with Gasteiger partial charge in [-0.1, -0.05) is 32.1 Å². The van der Waals surface area contributed by atoms with Gasteiger partial charge in [0.2, 0.25) is 5.13 Å². The van der Waals surface area contributed by atoms with E-state index in [1.54, 1.807) is 22.7 Å². The van der Waals surface area contributed by atoms with Crippen molar-refractivity contribution in [2.45, 2.75) is 40.0 Å². The zero-order valence-corrected chi connectivity index (χ0v) is 13.0. The van der Waals surface area contributed by atoms with Gasteiger partial charge in [0.25, 0.3) is 0 Å². The molecule has 0 saturated carbocycles. The fourth-order valence-corrected chi connectivity index (χ4v) is 3.51. The molecule has 0 saturated heterocycles. The van der Waals surface area contributed by atoms with Crippen LogP contribution in [0.2, 0.25) is 0 Å². The molecule has 0 amide bonds. The molecule has 98 valence electrons. The first-order chi connectivity index (χ1) is 8.41. The Morgan fingerprint density at radius 1 is 1.17 bits per heavy atom. The van der Waals surface area contributed by atoms with E-state index in [0.29, 0.717) is 0 Å². The van der Waals surface area contributed by atoms with Crippen LogP contribution in [0.3, 0.4) is 0 Å². The molecule has 6 heteroatoms. The van der Waals surface area contributed by atoms with E-state index in [-0.39, 0.29) is 5.41 Å². The average Bonchev–Trinajstić information content (AvgIpc) is 2.84. The molecule has 0 aromatic carbocycles. The molecule has 0 aliphatic rings. The van der Waals surface area contributed by atoms with E-state index in [1.807, 2.05) is 6.92 Å². The lowest BCUT2D eigenvalue weighted by Crippen LogP contribution is -2.10. The Bertz CT molecular complexity index is 537. The molecule has 0 aliphatic carbocycles. The van der Waals surface area contributed by atoms with Crippen molar-refractivity contribution in [1.29, 1.82) is 0 Å². The summed E-state index contributed by atoms with van der Waals surface area (Å²) in [6, 6.07) is 0. The fraction of sp³-hybridized carbons (Fsp3) is 0.583. The topological polar surface area (TPSA) is 50.7 Å². The summed E-state index contributed by atoms with van der Waals surface area (Å²) in [5.74, 6) is 0. The quantitative estimate of drug-likeness (QED) is 0.932. The van der Waals surface area contributed by atoms with Gasteiger partial charge < -0.3 is 5.32 Å². The second-order valence-corrected chi connectivity index (χ2v) is 7.10. The Kier molecular flexibility index (Phi) is 3.68. The van der Waals surface area contributed by atoms with Crippen molar-refractivity contribution in [3.63, 3.8) is 0 Å². The summed E-state index contributed by atoms with van der Waals surface area (Å²) in [6.07, 6.45) is 0. The molecule has 0 fully saturated rings. The van der Waals surface area contributed by atoms with Gasteiger partial charge in [-0.25, -0.2) is 4.98 Å². The number of aromatic nitrogens is 3. The Balaban J connectivity index is 2.35. The molecule has 2 aromatic rings. The zero-order valence-electron chi connectivity index (χ0n) is 11.4. The number of aryl methyl sites for hydroxylation is 1. The highest BCUT2D eigenvalue weighted by Crippen LogP contribution is 2.37. The minimum atomic E-state index is 0.0862. The Hall–Kier alpha value is -1.01. The van der Waals surface area contributed by atoms with Gasteiger partial charge in [-0.3, -0.25) is 0 Å². The minimum Gasteiger partial charge on any atom is -0.360 e. The summed E-state index contributed by atoms with van der Waals surface area (Å²) in [6.45, 7) is 11.5. The van der Waals surface area contributed by atoms with Crippen LogP contribution in [0.15, 0.2) is 0 Å². The van der Waals surface area contributed by atoms with Gasteiger partial charge in [-0.2, -0.15) is 0 Å². The van der Waals surface area contributed by atoms with Crippen LogP contribution in [-0.2, 0) is 5.41 Å². The van der Waals surface area contributed by atoms with Crippen molar-refractivity contribution in [3.8, 4) is 9.88 Å². The third-order valence-corrected chi connectivity index (χ3v) is 5.00. The van der Waals surface area contributed by atoms with Crippen LogP contribution in [0.4, 0.5) is 5.13 Å². The lowest BCUT2D eigenvalue weighted by atomic mass is 9.98. The van der Waals surface area contributed by atoms with E-state index in [2.05, 4.69) is 48.2 Å². The second-order valence-electron chi connectivity index (χ2n) is 5.13. The van der Waals surface area contributed by atoms with E-state index in [9.17, 15) is 0 Å². The molecule has 0 unspecified atom stereocenters. The van der Waals surface area contributed by atoms with Gasteiger partial charge in [0.15, 0.2) is 5.01 Å². The molecule has 4 nitrogen and oxygen atoms in total. The number of rotatable bonds is 3. The standard InChI is InChI=1S/C12H18N4S2/c1-6-13-11-16-15-9(18-11)8-7(2)14-10(17-8)12(3,4)5/h6H2,1-5H3,(H,13,16). The number of hydrogen-bond donors (Lipinski definition) is 1. The van der Waals surface area contributed by atoms with Gasteiger partial charge in [0.1, 0.15) is 0 Å². The molecule has 1 N–H and O–H groups in total. The molecule has 0 atom stereocenters. The molecule has 2 rings (SSSR count). The molecular formula is C12H18N4S2. The minimum absolute atomic E-state index is 0.0862. The summed E-state index contributed by atoms with van der Waals surface area (Å²) in [5, 5.41) is 14.5. The lowest BCUT2D eigenvalue weighted by Gasteiger charge is -2.13. The lowest BCUT2D eigenvalue weighted by molar-refractivity contribution is 0.584. The van der Waals surface area contributed by atoms with Crippen molar-refractivity contribution in [2.24, 2.45) is 0 Å². The maximum Gasteiger partial charge on any atom is 0.206 e. The number of nitrogens with one attached hydrogen (secondary N) is 1. The number of nitrogens with zero attached hydrogens (tertiary/aromatic N) is 3. The maximum atomic E-state index is 4.65. The molecular weight excluding hydrogens is 264 g/mol. The number of thiazole rings is 1. The van der Waals surface area contributed by atoms with Gasteiger partial charge in [-0.05, 0) is 13.8 Å². The van der Waals surface area contributed by atoms with Crippen LogP contribution in [0, 0.1) is 6.92 Å². The monoisotopic (exact) mass is 282 g/mol. The van der Waals surface area contributed by atoms with Crippen molar-refractivity contribution in [1.82, 2.24) is 15.2 Å². The molecule has 2 aromatic heterocycles. The van der Waals surface area contributed by atoms with Gasteiger partial charge in [0.05, 0.1) is 15.6 Å². The maximum absolute atomic E-state index is 4.65. The first kappa shape index (κ1) is 13.4. The van der Waals surface area contributed by atoms with Crippen LogP contribution >= 0.6 is 22.7 Å². The van der Waals surface area contributed by atoms with Crippen LogP contribution in [-0.4, -0.2) is 21.7 Å². The Morgan fingerprint density at radius 2 is 1.89 bits per heavy atom. The van der Waals surface area contributed by atoms with Crippen molar-refractivity contribution < 1.29 is 0 Å². The van der Waals surface area contributed by atoms with Gasteiger partial charge in [0, 0.05) is 12.0 Å². The van der Waals surface area contributed by atoms with Gasteiger partial charge in [-0.15, -0.1) is 21.5 Å². The van der Waals surface area contributed by atoms with Crippen LogP contribution in [0.25, 0.3) is 9.88 Å². The smallest absolute Gasteiger partial charge is 0.206 e. The first-order valence-electron chi connectivity index (χ1n) is 5.97. The third-order valence-electron chi connectivity index (χ3n) is 2.39. The normalized spacial score (nSPS) is 11.8. The van der Waals surface area contributed by atoms with E-state index in [4.69, 9.17) is 0 Å². The summed E-state index contributed by atoms with van der Waals surface area (Å²) >= 11 is 3.31. The Labute approximate surface area is 116 Å². The van der Waals surface area contributed by atoms with E-state index in [1.165, 1.54) is 0 Å².